The zero-order valence-electron chi connectivity index (χ0n) is 20.7. The lowest BCUT2D eigenvalue weighted by Gasteiger charge is -2.16. The standard InChI is InChI=1S/C27H25ClN6O2S/c1-14(35)30-27-31-21-10-8-18-23(17-6-9-20(29-13-17)15-4-5-15)32-34(24(18)25(21)37-27)22-11-7-16(12-19(22)28)26(36)33(2)3/h6-7,9,11-13,15H,4-5,8,10H2,1-3H3,(H,30,31,35). The number of hydrogen-bond acceptors (Lipinski definition) is 6. The molecule has 2 amide bonds. The molecule has 6 rings (SSSR count). The van der Waals surface area contributed by atoms with Gasteiger partial charge < -0.3 is 10.2 Å². The summed E-state index contributed by atoms with van der Waals surface area (Å²) in [5.41, 5.74) is 7.04. The van der Waals surface area contributed by atoms with Crippen LogP contribution in [-0.4, -0.2) is 50.6 Å². The molecule has 0 bridgehead atoms. The molecule has 0 spiro atoms. The van der Waals surface area contributed by atoms with Crippen LogP contribution in [0.25, 0.3) is 27.5 Å². The van der Waals surface area contributed by atoms with E-state index in [0.717, 1.165) is 51.6 Å². The maximum Gasteiger partial charge on any atom is 0.253 e. The maximum atomic E-state index is 12.5. The van der Waals surface area contributed by atoms with Crippen LogP contribution in [-0.2, 0) is 17.6 Å². The van der Waals surface area contributed by atoms with Crippen LogP contribution in [0.5, 0.6) is 0 Å². The average molecular weight is 533 g/mol. The maximum absolute atomic E-state index is 12.5. The fourth-order valence-electron chi connectivity index (χ4n) is 4.72. The van der Waals surface area contributed by atoms with Gasteiger partial charge in [0, 0.05) is 55.5 Å². The molecule has 4 aromatic rings. The number of aryl methyl sites for hydroxylation is 1. The van der Waals surface area contributed by atoms with E-state index < -0.39 is 0 Å². The van der Waals surface area contributed by atoms with Crippen LogP contribution in [0, 0.1) is 0 Å². The van der Waals surface area contributed by atoms with E-state index in [1.54, 1.807) is 26.2 Å². The number of carbonyl (C=O) groups excluding carboxylic acids is 2. The Morgan fingerprint density at radius 3 is 2.62 bits per heavy atom. The Bertz CT molecular complexity index is 1550. The van der Waals surface area contributed by atoms with Crippen LogP contribution in [0.15, 0.2) is 36.5 Å². The van der Waals surface area contributed by atoms with E-state index in [9.17, 15) is 9.59 Å². The van der Waals surface area contributed by atoms with Gasteiger partial charge in [-0.1, -0.05) is 22.9 Å². The molecule has 3 aromatic heterocycles. The van der Waals surface area contributed by atoms with Crippen LogP contribution in [0.1, 0.15) is 53.0 Å². The van der Waals surface area contributed by atoms with Gasteiger partial charge in [0.25, 0.3) is 5.91 Å². The second-order valence-corrected chi connectivity index (χ2v) is 11.1. The molecule has 0 atom stereocenters. The van der Waals surface area contributed by atoms with Crippen molar-refractivity contribution in [3.8, 4) is 27.5 Å². The van der Waals surface area contributed by atoms with Crippen molar-refractivity contribution in [3.63, 3.8) is 0 Å². The number of fused-ring (bicyclic) bond motifs is 3. The number of nitrogens with one attached hydrogen (secondary N) is 1. The monoisotopic (exact) mass is 532 g/mol. The zero-order chi connectivity index (χ0) is 25.8. The summed E-state index contributed by atoms with van der Waals surface area (Å²) >= 11 is 8.19. The molecule has 1 aromatic carbocycles. The molecule has 0 radical (unpaired) electrons. The highest BCUT2D eigenvalue weighted by molar-refractivity contribution is 7.19. The Kier molecular flexibility index (Phi) is 5.84. The lowest BCUT2D eigenvalue weighted by Crippen LogP contribution is -2.21. The van der Waals surface area contributed by atoms with Crippen molar-refractivity contribution in [2.45, 2.75) is 38.5 Å². The summed E-state index contributed by atoms with van der Waals surface area (Å²) in [5.74, 6) is 0.296. The number of anilines is 1. The van der Waals surface area contributed by atoms with Crippen molar-refractivity contribution in [3.05, 3.63) is 64.1 Å². The molecular weight excluding hydrogens is 508 g/mol. The van der Waals surface area contributed by atoms with E-state index in [-0.39, 0.29) is 11.8 Å². The first-order chi connectivity index (χ1) is 17.8. The minimum absolute atomic E-state index is 0.122. The molecule has 10 heteroatoms. The molecule has 2 aliphatic rings. The number of thiazole rings is 1. The number of pyridine rings is 1. The Morgan fingerprint density at radius 1 is 1.16 bits per heavy atom. The third kappa shape index (κ3) is 4.32. The van der Waals surface area contributed by atoms with Gasteiger partial charge in [0.15, 0.2) is 5.13 Å². The van der Waals surface area contributed by atoms with Crippen LogP contribution in [0.3, 0.4) is 0 Å². The lowest BCUT2D eigenvalue weighted by atomic mass is 9.95. The number of halogens is 1. The summed E-state index contributed by atoms with van der Waals surface area (Å²) in [6.07, 6.45) is 5.80. The normalized spacial score (nSPS) is 14.2. The van der Waals surface area contributed by atoms with Gasteiger partial charge in [-0.2, -0.15) is 5.10 Å². The van der Waals surface area contributed by atoms with E-state index >= 15 is 0 Å². The predicted molar refractivity (Wildman–Crippen MR) is 145 cm³/mol. The first-order valence-electron chi connectivity index (χ1n) is 12.2. The first-order valence-corrected chi connectivity index (χ1v) is 13.4. The molecule has 8 nitrogen and oxygen atoms in total. The number of aromatic nitrogens is 4. The van der Waals surface area contributed by atoms with E-state index in [1.165, 1.54) is 36.0 Å². The van der Waals surface area contributed by atoms with Crippen LogP contribution in [0.2, 0.25) is 5.02 Å². The fraction of sp³-hybridized carbons (Fsp3) is 0.296. The summed E-state index contributed by atoms with van der Waals surface area (Å²) in [5, 5.41) is 8.85. The van der Waals surface area contributed by atoms with Crippen molar-refractivity contribution < 1.29 is 9.59 Å². The number of rotatable bonds is 5. The second-order valence-electron chi connectivity index (χ2n) is 9.68. The minimum atomic E-state index is -0.161. The Hall–Kier alpha value is -3.56. The van der Waals surface area contributed by atoms with Crippen molar-refractivity contribution in [1.29, 1.82) is 0 Å². The van der Waals surface area contributed by atoms with Gasteiger partial charge in [0.05, 0.1) is 32.7 Å². The van der Waals surface area contributed by atoms with Gasteiger partial charge in [0.1, 0.15) is 0 Å². The quantitative estimate of drug-likeness (QED) is 0.374. The Morgan fingerprint density at radius 2 is 1.97 bits per heavy atom. The van der Waals surface area contributed by atoms with Gasteiger partial charge in [-0.15, -0.1) is 0 Å². The molecule has 1 N–H and O–H groups in total. The van der Waals surface area contributed by atoms with E-state index in [0.29, 0.717) is 27.3 Å². The third-order valence-corrected chi connectivity index (χ3v) is 8.00. The van der Waals surface area contributed by atoms with Gasteiger partial charge >= 0.3 is 0 Å². The smallest absolute Gasteiger partial charge is 0.253 e. The van der Waals surface area contributed by atoms with Gasteiger partial charge in [0.2, 0.25) is 5.91 Å². The van der Waals surface area contributed by atoms with Crippen molar-refractivity contribution in [2.24, 2.45) is 0 Å². The molecule has 1 saturated carbocycles. The van der Waals surface area contributed by atoms with E-state index in [1.807, 2.05) is 16.9 Å². The highest BCUT2D eigenvalue weighted by Gasteiger charge is 2.31. The highest BCUT2D eigenvalue weighted by Crippen LogP contribution is 2.45. The van der Waals surface area contributed by atoms with Crippen molar-refractivity contribution >= 4 is 39.9 Å². The Balaban J connectivity index is 1.51. The lowest BCUT2D eigenvalue weighted by molar-refractivity contribution is -0.114. The van der Waals surface area contributed by atoms with Crippen molar-refractivity contribution in [2.75, 3.05) is 19.4 Å². The number of carbonyl (C=O) groups is 2. The van der Waals surface area contributed by atoms with Gasteiger partial charge in [-0.05, 0) is 56.0 Å². The second kappa shape index (κ2) is 9.08. The third-order valence-electron chi connectivity index (χ3n) is 6.68. The van der Waals surface area contributed by atoms with Crippen LogP contribution >= 0.6 is 22.9 Å². The SMILES string of the molecule is CC(=O)Nc1nc2c(s1)-c1c(c(-c3ccc(C4CC4)nc3)nn1-c1ccc(C(=O)N(C)C)cc1Cl)CC2. The fourth-order valence-corrected chi connectivity index (χ4v) is 6.09. The average Bonchev–Trinajstić information content (AvgIpc) is 3.53. The van der Waals surface area contributed by atoms with Crippen molar-refractivity contribution in [1.82, 2.24) is 24.6 Å². The van der Waals surface area contributed by atoms with Crippen LogP contribution in [0.4, 0.5) is 5.13 Å². The van der Waals surface area contributed by atoms with E-state index in [4.69, 9.17) is 21.7 Å². The molecule has 188 valence electrons. The molecule has 0 unspecified atom stereocenters. The minimum Gasteiger partial charge on any atom is -0.345 e. The summed E-state index contributed by atoms with van der Waals surface area (Å²) in [4.78, 5) is 36.1. The van der Waals surface area contributed by atoms with Gasteiger partial charge in [-0.3, -0.25) is 14.6 Å². The summed E-state index contributed by atoms with van der Waals surface area (Å²) in [6, 6.07) is 9.47. The Labute approximate surface area is 223 Å². The molecule has 1 fully saturated rings. The first kappa shape index (κ1) is 23.8. The van der Waals surface area contributed by atoms with Crippen LogP contribution < -0.4 is 5.32 Å². The number of hydrogen-bond donors (Lipinski definition) is 1. The molecule has 37 heavy (non-hydrogen) atoms. The number of amides is 2. The predicted octanol–water partition coefficient (Wildman–Crippen LogP) is 5.35. The molecule has 3 heterocycles. The highest BCUT2D eigenvalue weighted by atomic mass is 35.5. The summed E-state index contributed by atoms with van der Waals surface area (Å²) in [7, 11) is 3.42. The summed E-state index contributed by atoms with van der Waals surface area (Å²) in [6.45, 7) is 1.48. The van der Waals surface area contributed by atoms with E-state index in [2.05, 4.69) is 22.4 Å². The zero-order valence-corrected chi connectivity index (χ0v) is 22.3. The number of benzene rings is 1. The molecule has 0 saturated heterocycles. The molecule has 0 aliphatic heterocycles. The topological polar surface area (TPSA) is 93.0 Å². The summed E-state index contributed by atoms with van der Waals surface area (Å²) < 4.78 is 1.85. The molecule has 2 aliphatic carbocycles. The van der Waals surface area contributed by atoms with Gasteiger partial charge in [-0.25, -0.2) is 9.67 Å². The largest absolute Gasteiger partial charge is 0.345 e. The molecular formula is C27H25ClN6O2S. The number of nitrogens with zero attached hydrogens (tertiary/aromatic N) is 5.